The van der Waals surface area contributed by atoms with Gasteiger partial charge in [-0.1, -0.05) is 39.4 Å². The van der Waals surface area contributed by atoms with Crippen LogP contribution >= 0.6 is 27.3 Å². The first-order chi connectivity index (χ1) is 16.3. The third kappa shape index (κ3) is 3.41. The number of halogens is 1. The van der Waals surface area contributed by atoms with Crippen LogP contribution in [0, 0.1) is 6.92 Å². The number of methoxy groups -OCH3 is 2. The molecule has 4 aromatic rings. The van der Waals surface area contributed by atoms with Gasteiger partial charge in [0, 0.05) is 4.47 Å². The van der Waals surface area contributed by atoms with E-state index in [9.17, 15) is 14.4 Å². The molecule has 0 spiro atoms. The quantitative estimate of drug-likeness (QED) is 0.340. The molecule has 1 atom stereocenters. The number of aryl methyl sites for hydroxylation is 1. The average Bonchev–Trinajstić information content (AvgIpc) is 3.36. The Bertz CT molecular complexity index is 1540. The van der Waals surface area contributed by atoms with E-state index in [1.807, 2.05) is 0 Å². The van der Waals surface area contributed by atoms with Crippen LogP contribution < -0.4 is 15.1 Å². The molecule has 3 heterocycles. The first-order valence-electron chi connectivity index (χ1n) is 10.1. The van der Waals surface area contributed by atoms with Crippen LogP contribution in [0.5, 0.6) is 5.75 Å². The topological polar surface area (TPSA) is 98.9 Å². The first-order valence-corrected chi connectivity index (χ1v) is 11.7. The molecule has 10 heteroatoms. The fraction of sp³-hybridized carbons (Fsp3) is 0.167. The van der Waals surface area contributed by atoms with Gasteiger partial charge in [0.2, 0.25) is 5.76 Å². The molecule has 172 valence electrons. The number of carbonyl (C=O) groups excluding carboxylic acids is 2. The molecule has 1 aliphatic rings. The molecule has 0 saturated heterocycles. The minimum Gasteiger partial charge on any atom is -0.497 e. The predicted octanol–water partition coefficient (Wildman–Crippen LogP) is 4.87. The Morgan fingerprint density at radius 1 is 1.18 bits per heavy atom. The van der Waals surface area contributed by atoms with Crippen LogP contribution in [-0.4, -0.2) is 31.1 Å². The van der Waals surface area contributed by atoms with Crippen molar-refractivity contribution in [2.24, 2.45) is 0 Å². The molecule has 0 aliphatic carbocycles. The second-order valence-corrected chi connectivity index (χ2v) is 9.46. The molecule has 2 aromatic heterocycles. The zero-order valence-corrected chi connectivity index (χ0v) is 20.7. The Morgan fingerprint density at radius 3 is 2.71 bits per heavy atom. The lowest BCUT2D eigenvalue weighted by Gasteiger charge is -2.22. The van der Waals surface area contributed by atoms with Crippen LogP contribution in [0.3, 0.4) is 0 Å². The van der Waals surface area contributed by atoms with Crippen LogP contribution in [0.2, 0.25) is 0 Å². The maximum absolute atomic E-state index is 13.7. The third-order valence-corrected chi connectivity index (χ3v) is 7.23. The fourth-order valence-electron chi connectivity index (χ4n) is 4.04. The molecule has 8 nitrogen and oxygen atoms in total. The van der Waals surface area contributed by atoms with Crippen LogP contribution in [0.1, 0.15) is 43.1 Å². The summed E-state index contributed by atoms with van der Waals surface area (Å²) in [5.74, 6) is -0.556. The summed E-state index contributed by atoms with van der Waals surface area (Å²) in [5, 5.41) is 0.605. The number of nitrogens with zero attached hydrogens (tertiary/aromatic N) is 2. The molecule has 0 fully saturated rings. The SMILES string of the molecule is COC(=O)c1sc(N2C(=O)c3oc4ccc(Br)cc4c(=O)c3C2c2cccc(OC)c2)nc1C. The number of hydrogen-bond donors (Lipinski definition) is 0. The summed E-state index contributed by atoms with van der Waals surface area (Å²) in [5.41, 5.74) is 1.25. The number of carbonyl (C=O) groups is 2. The monoisotopic (exact) mass is 540 g/mol. The van der Waals surface area contributed by atoms with Crippen LogP contribution in [0.25, 0.3) is 11.0 Å². The standard InChI is InChI=1S/C24H17BrN2O6S/c1-11-21(23(30)32-3)34-24(26-11)27-18(12-5-4-6-14(9-12)31-2)17-19(28)15-10-13(25)7-8-16(15)33-20(17)22(27)29/h4-10,18H,1-3H3. The Balaban J connectivity index is 1.79. The number of fused-ring (bicyclic) bond motifs is 2. The smallest absolute Gasteiger partial charge is 0.350 e. The third-order valence-electron chi connectivity index (χ3n) is 5.60. The number of amides is 1. The number of benzene rings is 2. The van der Waals surface area contributed by atoms with E-state index >= 15 is 0 Å². The number of rotatable bonds is 4. The number of esters is 1. The highest BCUT2D eigenvalue weighted by Crippen LogP contribution is 2.43. The molecule has 0 N–H and O–H groups in total. The van der Waals surface area contributed by atoms with Gasteiger partial charge in [0.25, 0.3) is 5.91 Å². The van der Waals surface area contributed by atoms with E-state index in [1.54, 1.807) is 49.4 Å². The number of aromatic nitrogens is 1. The number of thiazole rings is 1. The lowest BCUT2D eigenvalue weighted by molar-refractivity contribution is 0.0605. The highest BCUT2D eigenvalue weighted by molar-refractivity contribution is 9.10. The van der Waals surface area contributed by atoms with Crippen molar-refractivity contribution in [1.29, 1.82) is 0 Å². The molecule has 1 unspecified atom stereocenters. The Kier molecular flexibility index (Phi) is 5.49. The molecule has 0 saturated carbocycles. The van der Waals surface area contributed by atoms with Gasteiger partial charge in [0.05, 0.1) is 36.9 Å². The van der Waals surface area contributed by atoms with Crippen molar-refractivity contribution in [3.05, 3.63) is 84.6 Å². The Hall–Kier alpha value is -3.50. The van der Waals surface area contributed by atoms with Gasteiger partial charge in [-0.15, -0.1) is 0 Å². The molecular formula is C24H17BrN2O6S. The maximum Gasteiger partial charge on any atom is 0.350 e. The molecule has 1 amide bonds. The lowest BCUT2D eigenvalue weighted by Crippen LogP contribution is -2.29. The van der Waals surface area contributed by atoms with Crippen molar-refractivity contribution >= 4 is 55.2 Å². The normalized spacial score (nSPS) is 15.0. The predicted molar refractivity (Wildman–Crippen MR) is 130 cm³/mol. The zero-order chi connectivity index (χ0) is 24.1. The highest BCUT2D eigenvalue weighted by atomic mass is 79.9. The van der Waals surface area contributed by atoms with E-state index in [-0.39, 0.29) is 26.8 Å². The van der Waals surface area contributed by atoms with Gasteiger partial charge in [-0.25, -0.2) is 9.78 Å². The minimum absolute atomic E-state index is 0.0555. The van der Waals surface area contributed by atoms with Crippen LogP contribution in [0.15, 0.2) is 56.1 Å². The highest BCUT2D eigenvalue weighted by Gasteiger charge is 2.45. The summed E-state index contributed by atoms with van der Waals surface area (Å²) in [4.78, 5) is 45.7. The summed E-state index contributed by atoms with van der Waals surface area (Å²) in [6, 6.07) is 11.3. The number of ether oxygens (including phenoxy) is 2. The van der Waals surface area contributed by atoms with E-state index in [4.69, 9.17) is 13.9 Å². The van der Waals surface area contributed by atoms with Crippen molar-refractivity contribution in [2.75, 3.05) is 19.1 Å². The van der Waals surface area contributed by atoms with Crippen LogP contribution in [0.4, 0.5) is 5.13 Å². The van der Waals surface area contributed by atoms with Gasteiger partial charge < -0.3 is 13.9 Å². The van der Waals surface area contributed by atoms with E-state index < -0.39 is 17.9 Å². The Labute approximate surface area is 205 Å². The minimum atomic E-state index is -0.826. The van der Waals surface area contributed by atoms with E-state index in [2.05, 4.69) is 20.9 Å². The number of anilines is 1. The second-order valence-electron chi connectivity index (χ2n) is 7.57. The largest absolute Gasteiger partial charge is 0.497 e. The molecule has 0 radical (unpaired) electrons. The molecule has 5 rings (SSSR count). The van der Waals surface area contributed by atoms with Gasteiger partial charge in [-0.3, -0.25) is 14.5 Å². The van der Waals surface area contributed by atoms with Crippen molar-refractivity contribution < 1.29 is 23.5 Å². The zero-order valence-electron chi connectivity index (χ0n) is 18.2. The van der Waals surface area contributed by atoms with Gasteiger partial charge >= 0.3 is 5.97 Å². The molecule has 1 aliphatic heterocycles. The molecular weight excluding hydrogens is 524 g/mol. The van der Waals surface area contributed by atoms with Crippen molar-refractivity contribution in [3.8, 4) is 5.75 Å². The van der Waals surface area contributed by atoms with Gasteiger partial charge in [0.15, 0.2) is 10.6 Å². The Morgan fingerprint density at radius 2 is 1.97 bits per heavy atom. The van der Waals surface area contributed by atoms with Gasteiger partial charge in [-0.2, -0.15) is 0 Å². The number of hydrogen-bond acceptors (Lipinski definition) is 8. The van der Waals surface area contributed by atoms with Crippen molar-refractivity contribution in [3.63, 3.8) is 0 Å². The average molecular weight is 541 g/mol. The molecule has 0 bridgehead atoms. The van der Waals surface area contributed by atoms with E-state index in [0.717, 1.165) is 11.3 Å². The second kappa shape index (κ2) is 8.37. The maximum atomic E-state index is 13.7. The summed E-state index contributed by atoms with van der Waals surface area (Å²) in [6.45, 7) is 1.66. The molecule has 2 aromatic carbocycles. The fourth-order valence-corrected chi connectivity index (χ4v) is 5.41. The lowest BCUT2D eigenvalue weighted by atomic mass is 9.98. The first kappa shape index (κ1) is 22.3. The van der Waals surface area contributed by atoms with Crippen LogP contribution in [-0.2, 0) is 4.74 Å². The van der Waals surface area contributed by atoms with E-state index in [0.29, 0.717) is 32.4 Å². The molecule has 34 heavy (non-hydrogen) atoms. The summed E-state index contributed by atoms with van der Waals surface area (Å²) < 4.78 is 16.9. The summed E-state index contributed by atoms with van der Waals surface area (Å²) >= 11 is 4.41. The van der Waals surface area contributed by atoms with Gasteiger partial charge in [0.1, 0.15) is 16.2 Å². The van der Waals surface area contributed by atoms with Crippen molar-refractivity contribution in [1.82, 2.24) is 4.98 Å². The van der Waals surface area contributed by atoms with Gasteiger partial charge in [-0.05, 0) is 42.8 Å². The van der Waals surface area contributed by atoms with E-state index in [1.165, 1.54) is 19.1 Å². The summed E-state index contributed by atoms with van der Waals surface area (Å²) in [7, 11) is 2.82. The summed E-state index contributed by atoms with van der Waals surface area (Å²) in [6.07, 6.45) is 0. The van der Waals surface area contributed by atoms with Crippen molar-refractivity contribution in [2.45, 2.75) is 13.0 Å².